The van der Waals surface area contributed by atoms with Gasteiger partial charge in [0, 0.05) is 10.5 Å². The summed E-state index contributed by atoms with van der Waals surface area (Å²) in [5.74, 6) is 3.14. The van der Waals surface area contributed by atoms with E-state index in [0.29, 0.717) is 39.4 Å². The fraction of sp³-hybridized carbons (Fsp3) is 0.450. The smallest absolute Gasteiger partial charge is 0.256 e. The van der Waals surface area contributed by atoms with Crippen LogP contribution >= 0.6 is 11.8 Å². The number of nitrogens with zero attached hydrogens (tertiary/aromatic N) is 1. The summed E-state index contributed by atoms with van der Waals surface area (Å²) in [5, 5.41) is 0.632. The normalized spacial score (nSPS) is 18.9. The molecule has 1 fully saturated rings. The van der Waals surface area contributed by atoms with Gasteiger partial charge in [0.25, 0.3) is 5.88 Å². The number of ether oxygens (including phenoxy) is 5. The van der Waals surface area contributed by atoms with Crippen molar-refractivity contribution in [1.29, 1.82) is 0 Å². The number of rotatable bonds is 7. The van der Waals surface area contributed by atoms with E-state index in [9.17, 15) is 0 Å². The van der Waals surface area contributed by atoms with Crippen molar-refractivity contribution in [3.05, 3.63) is 35.5 Å². The molecule has 0 aliphatic carbocycles. The van der Waals surface area contributed by atoms with E-state index >= 15 is 0 Å². The lowest BCUT2D eigenvalue weighted by atomic mass is 10.0. The Labute approximate surface area is 164 Å². The highest BCUT2D eigenvalue weighted by Gasteiger charge is 2.30. The molecule has 1 aromatic heterocycles. The highest BCUT2D eigenvalue weighted by molar-refractivity contribution is 8.00. The lowest BCUT2D eigenvalue weighted by Gasteiger charge is -2.17. The van der Waals surface area contributed by atoms with Crippen LogP contribution in [0, 0.1) is 0 Å². The number of methoxy groups -OCH3 is 5. The van der Waals surface area contributed by atoms with Gasteiger partial charge in [0.05, 0.1) is 41.2 Å². The molecule has 0 saturated carbocycles. The quantitative estimate of drug-likeness (QED) is 0.692. The Bertz CT molecular complexity index is 773. The fourth-order valence-electron chi connectivity index (χ4n) is 3.31. The van der Waals surface area contributed by atoms with Crippen LogP contribution in [0.4, 0.5) is 0 Å². The third-order valence-electron chi connectivity index (χ3n) is 4.67. The van der Waals surface area contributed by atoms with Gasteiger partial charge in [-0.2, -0.15) is 0 Å². The number of hydrogen-bond acceptors (Lipinski definition) is 7. The molecule has 1 saturated heterocycles. The average molecular weight is 391 g/mol. The summed E-state index contributed by atoms with van der Waals surface area (Å²) in [6, 6.07) is 7.98. The van der Waals surface area contributed by atoms with Crippen molar-refractivity contribution in [2.24, 2.45) is 0 Å². The number of benzene rings is 1. The zero-order valence-electron chi connectivity index (χ0n) is 16.3. The molecule has 2 heterocycles. The minimum atomic E-state index is 0.300. The van der Waals surface area contributed by atoms with Crippen molar-refractivity contribution in [2.45, 2.75) is 23.3 Å². The van der Waals surface area contributed by atoms with Crippen molar-refractivity contribution in [3.8, 4) is 28.9 Å². The minimum absolute atomic E-state index is 0.300. The van der Waals surface area contributed by atoms with Crippen LogP contribution in [-0.4, -0.2) is 40.5 Å². The van der Waals surface area contributed by atoms with Gasteiger partial charge in [-0.15, -0.1) is 11.8 Å². The van der Waals surface area contributed by atoms with E-state index in [4.69, 9.17) is 23.7 Å². The Morgan fingerprint density at radius 3 is 1.96 bits per heavy atom. The predicted molar refractivity (Wildman–Crippen MR) is 106 cm³/mol. The van der Waals surface area contributed by atoms with E-state index < -0.39 is 0 Å². The van der Waals surface area contributed by atoms with Crippen LogP contribution in [0.25, 0.3) is 0 Å². The number of thioether (sulfide) groups is 1. The van der Waals surface area contributed by atoms with Crippen LogP contribution in [0.15, 0.2) is 24.3 Å². The van der Waals surface area contributed by atoms with Crippen LogP contribution in [0.2, 0.25) is 0 Å². The Morgan fingerprint density at radius 1 is 0.778 bits per heavy atom. The molecular weight excluding hydrogens is 366 g/mol. The molecule has 2 aromatic rings. The first-order valence-electron chi connectivity index (χ1n) is 8.69. The lowest BCUT2D eigenvalue weighted by Crippen LogP contribution is -1.99. The van der Waals surface area contributed by atoms with E-state index in [0.717, 1.165) is 24.1 Å². The summed E-state index contributed by atoms with van der Waals surface area (Å²) >= 11 is 1.89. The van der Waals surface area contributed by atoms with Gasteiger partial charge in [-0.3, -0.25) is 0 Å². The summed E-state index contributed by atoms with van der Waals surface area (Å²) in [4.78, 5) is 4.63. The molecule has 7 heteroatoms. The molecule has 2 atom stereocenters. The lowest BCUT2D eigenvalue weighted by molar-refractivity contribution is 0.323. The fourth-order valence-corrected chi connectivity index (χ4v) is 4.81. The maximum absolute atomic E-state index is 5.49. The Morgan fingerprint density at radius 2 is 1.41 bits per heavy atom. The third kappa shape index (κ3) is 3.88. The second kappa shape index (κ2) is 8.61. The second-order valence-corrected chi connectivity index (χ2v) is 7.51. The van der Waals surface area contributed by atoms with Crippen LogP contribution in [0.3, 0.4) is 0 Å². The monoisotopic (exact) mass is 391 g/mol. The van der Waals surface area contributed by atoms with E-state index in [1.165, 1.54) is 0 Å². The first-order chi connectivity index (χ1) is 13.1. The van der Waals surface area contributed by atoms with E-state index in [-0.39, 0.29) is 0 Å². The highest BCUT2D eigenvalue weighted by Crippen LogP contribution is 2.54. The first kappa shape index (κ1) is 19.5. The molecule has 27 heavy (non-hydrogen) atoms. The van der Waals surface area contributed by atoms with Gasteiger partial charge < -0.3 is 23.7 Å². The van der Waals surface area contributed by atoms with Gasteiger partial charge in [-0.05, 0) is 42.7 Å². The Kier molecular flexibility index (Phi) is 6.21. The van der Waals surface area contributed by atoms with Crippen molar-refractivity contribution in [3.63, 3.8) is 0 Å². The molecular formula is C20H25NO5S. The summed E-state index contributed by atoms with van der Waals surface area (Å²) in [6.07, 6.45) is 2.08. The van der Waals surface area contributed by atoms with Crippen LogP contribution in [0.5, 0.6) is 28.9 Å². The topological polar surface area (TPSA) is 59.0 Å². The van der Waals surface area contributed by atoms with Gasteiger partial charge in [0.2, 0.25) is 5.75 Å². The zero-order chi connectivity index (χ0) is 19.4. The molecule has 1 aromatic carbocycles. The molecule has 1 aliphatic heterocycles. The van der Waals surface area contributed by atoms with Crippen molar-refractivity contribution >= 4 is 11.8 Å². The van der Waals surface area contributed by atoms with Gasteiger partial charge in [-0.1, -0.05) is 0 Å². The highest BCUT2D eigenvalue weighted by atomic mass is 32.2. The maximum atomic E-state index is 5.49. The van der Waals surface area contributed by atoms with Crippen molar-refractivity contribution < 1.29 is 23.7 Å². The minimum Gasteiger partial charge on any atom is -0.493 e. The van der Waals surface area contributed by atoms with E-state index in [1.54, 1.807) is 35.5 Å². The molecule has 0 radical (unpaired) electrons. The zero-order valence-corrected chi connectivity index (χ0v) is 17.1. The van der Waals surface area contributed by atoms with E-state index in [1.807, 2.05) is 36.0 Å². The van der Waals surface area contributed by atoms with Gasteiger partial charge in [-0.25, -0.2) is 4.98 Å². The molecule has 0 amide bonds. The van der Waals surface area contributed by atoms with Gasteiger partial charge in [0.1, 0.15) is 0 Å². The molecule has 146 valence electrons. The summed E-state index contributed by atoms with van der Waals surface area (Å²) < 4.78 is 27.0. The van der Waals surface area contributed by atoms with Crippen molar-refractivity contribution in [1.82, 2.24) is 4.98 Å². The largest absolute Gasteiger partial charge is 0.493 e. The van der Waals surface area contributed by atoms with Crippen LogP contribution in [0.1, 0.15) is 34.6 Å². The number of aromatic nitrogens is 1. The third-order valence-corrected chi connectivity index (χ3v) is 6.31. The van der Waals surface area contributed by atoms with Crippen molar-refractivity contribution in [2.75, 3.05) is 35.5 Å². The molecule has 0 unspecified atom stereocenters. The maximum Gasteiger partial charge on any atom is 0.256 e. The summed E-state index contributed by atoms with van der Waals surface area (Å²) in [7, 11) is 8.11. The summed E-state index contributed by atoms with van der Waals surface area (Å²) in [6.45, 7) is 0. The van der Waals surface area contributed by atoms with Crippen LogP contribution < -0.4 is 23.7 Å². The Balaban J connectivity index is 1.84. The molecule has 6 nitrogen and oxygen atoms in total. The van der Waals surface area contributed by atoms with E-state index in [2.05, 4.69) is 4.98 Å². The number of hydrogen-bond donors (Lipinski definition) is 0. The second-order valence-electron chi connectivity index (χ2n) is 6.10. The molecule has 1 aliphatic rings. The Hall–Kier alpha value is -2.28. The predicted octanol–water partition coefficient (Wildman–Crippen LogP) is 4.43. The SMILES string of the molecule is COc1ccc([C@H]2CC[C@H](c3cc(OC)c(OC)c(OC)c3)S2)nc1OC. The summed E-state index contributed by atoms with van der Waals surface area (Å²) in [5.41, 5.74) is 2.17. The molecule has 0 bridgehead atoms. The first-order valence-corrected chi connectivity index (χ1v) is 9.63. The standard InChI is InChI=1S/C20H25NO5S/c1-22-14-7-6-13(21-20(14)26-5)18-9-8-17(27-18)12-10-15(23-2)19(25-4)16(11-12)24-3/h6-7,10-11,17-18H,8-9H2,1-5H3/t17-,18-/m1/s1. The molecule has 0 spiro atoms. The molecule has 0 N–H and O–H groups in total. The van der Waals surface area contributed by atoms with Gasteiger partial charge >= 0.3 is 0 Å². The average Bonchev–Trinajstić information content (AvgIpc) is 3.22. The van der Waals surface area contributed by atoms with Gasteiger partial charge in [0.15, 0.2) is 17.2 Å². The van der Waals surface area contributed by atoms with Crippen LogP contribution in [-0.2, 0) is 0 Å². The number of pyridine rings is 1. The molecule has 3 rings (SSSR count).